The van der Waals surface area contributed by atoms with Crippen LogP contribution in [0.5, 0.6) is 11.5 Å². The van der Waals surface area contributed by atoms with Gasteiger partial charge in [-0.1, -0.05) is 18.2 Å². The number of hydrogen-bond donors (Lipinski definition) is 2. The summed E-state index contributed by atoms with van der Waals surface area (Å²) >= 11 is 1.26. The second-order valence-electron chi connectivity index (χ2n) is 6.59. The summed E-state index contributed by atoms with van der Waals surface area (Å²) in [5.41, 5.74) is 0.674. The van der Waals surface area contributed by atoms with E-state index in [-0.39, 0.29) is 31.3 Å². The summed E-state index contributed by atoms with van der Waals surface area (Å²) in [4.78, 5) is 46.0. The molecule has 170 valence electrons. The van der Waals surface area contributed by atoms with E-state index in [0.717, 1.165) is 0 Å². The van der Waals surface area contributed by atoms with E-state index in [2.05, 4.69) is 10.6 Å². The van der Waals surface area contributed by atoms with E-state index in [1.165, 1.54) is 35.6 Å². The predicted octanol–water partition coefficient (Wildman–Crippen LogP) is 3.04. The molecule has 0 unspecified atom stereocenters. The summed E-state index contributed by atoms with van der Waals surface area (Å²) in [6, 6.07) is 15.8. The molecule has 3 aromatic rings. The van der Waals surface area contributed by atoms with E-state index in [9.17, 15) is 24.5 Å². The first-order valence-electron chi connectivity index (χ1n) is 9.66. The predicted molar refractivity (Wildman–Crippen MR) is 119 cm³/mol. The van der Waals surface area contributed by atoms with Gasteiger partial charge in [-0.2, -0.15) is 0 Å². The number of nitrogens with one attached hydrogen (secondary N) is 2. The first kappa shape index (κ1) is 23.4. The lowest BCUT2D eigenvalue weighted by atomic mass is 10.2. The number of carbonyl (C=O) groups excluding carboxylic acids is 3. The van der Waals surface area contributed by atoms with Crippen molar-refractivity contribution in [2.75, 3.05) is 13.1 Å². The lowest BCUT2D eigenvalue weighted by Gasteiger charge is -2.09. The van der Waals surface area contributed by atoms with Crippen molar-refractivity contribution in [2.24, 2.45) is 0 Å². The molecule has 11 heteroatoms. The zero-order valence-electron chi connectivity index (χ0n) is 17.2. The minimum Gasteiger partial charge on any atom is -0.460 e. The average molecular weight is 469 g/mol. The zero-order valence-corrected chi connectivity index (χ0v) is 18.0. The van der Waals surface area contributed by atoms with Crippen LogP contribution in [0.4, 0.5) is 5.69 Å². The SMILES string of the molecule is O=C(CNC(=O)c1cccs1)NCC(=O)OCc1ccc(Oc2ccc([N+](=O)[O-])cc2)cc1. The largest absolute Gasteiger partial charge is 0.460 e. The highest BCUT2D eigenvalue weighted by Gasteiger charge is 2.11. The molecule has 33 heavy (non-hydrogen) atoms. The van der Waals surface area contributed by atoms with Crippen molar-refractivity contribution in [3.63, 3.8) is 0 Å². The molecule has 0 radical (unpaired) electrons. The maximum absolute atomic E-state index is 11.8. The van der Waals surface area contributed by atoms with Gasteiger partial charge < -0.3 is 20.1 Å². The van der Waals surface area contributed by atoms with Gasteiger partial charge in [-0.25, -0.2) is 0 Å². The third-order valence-electron chi connectivity index (χ3n) is 4.19. The summed E-state index contributed by atoms with van der Waals surface area (Å²) in [6.45, 7) is -0.573. The van der Waals surface area contributed by atoms with Crippen molar-refractivity contribution in [1.29, 1.82) is 0 Å². The van der Waals surface area contributed by atoms with Gasteiger partial charge in [0, 0.05) is 12.1 Å². The van der Waals surface area contributed by atoms with Crippen LogP contribution in [0.25, 0.3) is 0 Å². The standard InChI is InChI=1S/C22H19N3O7S/c26-20(12-24-22(28)19-2-1-11-33-19)23-13-21(27)31-14-15-3-7-17(8-4-15)32-18-9-5-16(6-10-18)25(29)30/h1-11H,12-14H2,(H,23,26)(H,24,28). The van der Waals surface area contributed by atoms with Crippen molar-refractivity contribution in [1.82, 2.24) is 10.6 Å². The number of benzene rings is 2. The van der Waals surface area contributed by atoms with Gasteiger partial charge in [-0.15, -0.1) is 11.3 Å². The highest BCUT2D eigenvalue weighted by atomic mass is 32.1. The fraction of sp³-hybridized carbons (Fsp3) is 0.136. The van der Waals surface area contributed by atoms with E-state index in [0.29, 0.717) is 21.9 Å². The molecule has 1 aromatic heterocycles. The maximum Gasteiger partial charge on any atom is 0.325 e. The molecular weight excluding hydrogens is 450 g/mol. The van der Waals surface area contributed by atoms with Crippen LogP contribution in [0.2, 0.25) is 0 Å². The Labute approximate surface area is 192 Å². The molecule has 1 heterocycles. The molecule has 0 saturated heterocycles. The minimum absolute atomic E-state index is 0.00162. The van der Waals surface area contributed by atoms with Gasteiger partial charge >= 0.3 is 5.97 Å². The summed E-state index contributed by atoms with van der Waals surface area (Å²) in [6.07, 6.45) is 0. The Kier molecular flexibility index (Phi) is 8.08. The third kappa shape index (κ3) is 7.43. The third-order valence-corrected chi connectivity index (χ3v) is 5.06. The molecule has 0 bridgehead atoms. The van der Waals surface area contributed by atoms with E-state index in [4.69, 9.17) is 9.47 Å². The van der Waals surface area contributed by atoms with Crippen LogP contribution in [-0.2, 0) is 20.9 Å². The summed E-state index contributed by atoms with van der Waals surface area (Å²) in [5.74, 6) is -0.537. The maximum atomic E-state index is 11.8. The summed E-state index contributed by atoms with van der Waals surface area (Å²) < 4.78 is 10.7. The average Bonchev–Trinajstić information content (AvgIpc) is 3.36. The number of ether oxygens (including phenoxy) is 2. The van der Waals surface area contributed by atoms with Gasteiger partial charge in [0.25, 0.3) is 11.6 Å². The normalized spacial score (nSPS) is 10.2. The quantitative estimate of drug-likeness (QED) is 0.264. The van der Waals surface area contributed by atoms with Crippen LogP contribution in [0.3, 0.4) is 0 Å². The van der Waals surface area contributed by atoms with E-state index in [1.807, 2.05) is 0 Å². The van der Waals surface area contributed by atoms with Crippen LogP contribution >= 0.6 is 11.3 Å². The van der Waals surface area contributed by atoms with Gasteiger partial charge in [0.2, 0.25) is 5.91 Å². The Hall–Kier alpha value is -4.25. The summed E-state index contributed by atoms with van der Waals surface area (Å²) in [5, 5.41) is 17.3. The van der Waals surface area contributed by atoms with Crippen molar-refractivity contribution in [3.05, 3.63) is 86.6 Å². The minimum atomic E-state index is -0.626. The number of hydrogen-bond acceptors (Lipinski definition) is 8. The number of esters is 1. The van der Waals surface area contributed by atoms with Gasteiger partial charge in [0.1, 0.15) is 24.7 Å². The van der Waals surface area contributed by atoms with Gasteiger partial charge in [0.15, 0.2) is 0 Å². The molecule has 2 aromatic carbocycles. The van der Waals surface area contributed by atoms with Gasteiger partial charge in [-0.05, 0) is 41.3 Å². The number of rotatable bonds is 10. The number of nitro benzene ring substituents is 1. The highest BCUT2D eigenvalue weighted by molar-refractivity contribution is 7.12. The lowest BCUT2D eigenvalue weighted by Crippen LogP contribution is -2.39. The molecule has 0 spiro atoms. The van der Waals surface area contributed by atoms with Crippen molar-refractivity contribution in [3.8, 4) is 11.5 Å². The van der Waals surface area contributed by atoms with Crippen molar-refractivity contribution in [2.45, 2.75) is 6.61 Å². The molecule has 3 rings (SSSR count). The first-order chi connectivity index (χ1) is 15.9. The lowest BCUT2D eigenvalue weighted by molar-refractivity contribution is -0.384. The number of nitro groups is 1. The summed E-state index contributed by atoms with van der Waals surface area (Å²) in [7, 11) is 0. The molecular formula is C22H19N3O7S. The number of thiophene rings is 1. The van der Waals surface area contributed by atoms with E-state index in [1.54, 1.807) is 41.8 Å². The Bertz CT molecular complexity index is 1110. The number of nitrogens with zero attached hydrogens (tertiary/aromatic N) is 1. The first-order valence-corrected chi connectivity index (χ1v) is 10.5. The van der Waals surface area contributed by atoms with Gasteiger partial charge in [0.05, 0.1) is 16.3 Å². The number of amides is 2. The molecule has 0 aliphatic heterocycles. The van der Waals surface area contributed by atoms with E-state index < -0.39 is 16.8 Å². The Morgan fingerprint density at radius 2 is 1.58 bits per heavy atom. The molecule has 0 aliphatic carbocycles. The molecule has 0 saturated carbocycles. The topological polar surface area (TPSA) is 137 Å². The highest BCUT2D eigenvalue weighted by Crippen LogP contribution is 2.24. The number of non-ortho nitro benzene ring substituents is 1. The second-order valence-corrected chi connectivity index (χ2v) is 7.54. The van der Waals surface area contributed by atoms with Crippen LogP contribution in [0.15, 0.2) is 66.0 Å². The van der Waals surface area contributed by atoms with Gasteiger partial charge in [-0.3, -0.25) is 24.5 Å². The zero-order chi connectivity index (χ0) is 23.6. The fourth-order valence-corrected chi connectivity index (χ4v) is 3.17. The fourth-order valence-electron chi connectivity index (χ4n) is 2.53. The Balaban J connectivity index is 1.36. The molecule has 10 nitrogen and oxygen atoms in total. The number of carbonyl (C=O) groups is 3. The van der Waals surface area contributed by atoms with Crippen LogP contribution in [0, 0.1) is 10.1 Å². The van der Waals surface area contributed by atoms with Crippen LogP contribution in [0.1, 0.15) is 15.2 Å². The Morgan fingerprint density at radius 1 is 0.909 bits per heavy atom. The smallest absolute Gasteiger partial charge is 0.325 e. The van der Waals surface area contributed by atoms with E-state index >= 15 is 0 Å². The van der Waals surface area contributed by atoms with Crippen LogP contribution in [-0.4, -0.2) is 35.8 Å². The second kappa shape index (κ2) is 11.4. The Morgan fingerprint density at radius 3 is 2.18 bits per heavy atom. The molecule has 2 amide bonds. The molecule has 0 atom stereocenters. The molecule has 0 fully saturated rings. The van der Waals surface area contributed by atoms with Crippen molar-refractivity contribution >= 4 is 34.8 Å². The monoisotopic (exact) mass is 469 g/mol. The molecule has 0 aliphatic rings. The van der Waals surface area contributed by atoms with Crippen LogP contribution < -0.4 is 15.4 Å². The molecule has 2 N–H and O–H groups in total. The van der Waals surface area contributed by atoms with Crippen molar-refractivity contribution < 1.29 is 28.8 Å².